The van der Waals surface area contributed by atoms with Gasteiger partial charge in [-0.25, -0.2) is 8.42 Å². The van der Waals surface area contributed by atoms with Crippen LogP contribution in [0.2, 0.25) is 0 Å². The molecular formula is C15H22BrClN2O3S. The molecule has 1 N–H and O–H groups in total. The van der Waals surface area contributed by atoms with E-state index in [4.69, 9.17) is 0 Å². The third kappa shape index (κ3) is 6.41. The van der Waals surface area contributed by atoms with E-state index in [1.165, 1.54) is 0 Å². The molecule has 1 aromatic rings. The van der Waals surface area contributed by atoms with Crippen molar-refractivity contribution < 1.29 is 13.2 Å². The number of nitrogens with one attached hydrogen (secondary N) is 1. The summed E-state index contributed by atoms with van der Waals surface area (Å²) in [6.07, 6.45) is 1.74. The van der Waals surface area contributed by atoms with Gasteiger partial charge in [-0.05, 0) is 43.6 Å². The summed E-state index contributed by atoms with van der Waals surface area (Å²) >= 11 is 3.31. The molecule has 0 spiro atoms. The van der Waals surface area contributed by atoms with E-state index < -0.39 is 15.6 Å². The minimum atomic E-state index is -3.45. The fraction of sp³-hybridized carbons (Fsp3) is 0.533. The molecule has 5 nitrogen and oxygen atoms in total. The molecule has 23 heavy (non-hydrogen) atoms. The van der Waals surface area contributed by atoms with Crippen LogP contribution in [0.3, 0.4) is 0 Å². The highest BCUT2D eigenvalue weighted by Crippen LogP contribution is 2.15. The normalized spacial score (nSPS) is 15.7. The average molecular weight is 426 g/mol. The molecule has 0 aliphatic carbocycles. The van der Waals surface area contributed by atoms with Crippen molar-refractivity contribution in [3.8, 4) is 0 Å². The molecule has 8 heteroatoms. The predicted molar refractivity (Wildman–Crippen MR) is 97.5 cm³/mol. The highest BCUT2D eigenvalue weighted by atomic mass is 79.9. The van der Waals surface area contributed by atoms with Gasteiger partial charge in [0.05, 0.1) is 5.75 Å². The number of sulfone groups is 1. The molecule has 1 heterocycles. The summed E-state index contributed by atoms with van der Waals surface area (Å²) in [7, 11) is -1.75. The van der Waals surface area contributed by atoms with Crippen molar-refractivity contribution in [1.82, 2.24) is 10.2 Å². The molecule has 0 radical (unpaired) electrons. The zero-order valence-corrected chi connectivity index (χ0v) is 16.2. The molecule has 1 aromatic carbocycles. The van der Waals surface area contributed by atoms with Crippen LogP contribution in [-0.4, -0.2) is 51.2 Å². The van der Waals surface area contributed by atoms with Gasteiger partial charge in [-0.3, -0.25) is 4.79 Å². The second kappa shape index (κ2) is 9.01. The number of halogens is 2. The molecule has 0 atom stereocenters. The Bertz CT molecular complexity index is 616. The summed E-state index contributed by atoms with van der Waals surface area (Å²) in [4.78, 5) is 13.8. The van der Waals surface area contributed by atoms with Crippen LogP contribution in [0.5, 0.6) is 0 Å². The molecular weight excluding hydrogens is 404 g/mol. The number of nitrogens with zero attached hydrogens (tertiary/aromatic N) is 1. The lowest BCUT2D eigenvalue weighted by Crippen LogP contribution is -2.45. The Kier molecular flexibility index (Phi) is 8.00. The number of rotatable bonds is 5. The quantitative estimate of drug-likeness (QED) is 0.783. The zero-order chi connectivity index (χ0) is 16.2. The van der Waals surface area contributed by atoms with Gasteiger partial charge in [-0.1, -0.05) is 28.1 Å². The fourth-order valence-corrected chi connectivity index (χ4v) is 4.22. The first-order valence-corrected chi connectivity index (χ1v) is 9.90. The van der Waals surface area contributed by atoms with Crippen molar-refractivity contribution in [2.75, 3.05) is 25.9 Å². The van der Waals surface area contributed by atoms with Crippen molar-refractivity contribution in [3.63, 3.8) is 0 Å². The topological polar surface area (TPSA) is 66.5 Å². The largest absolute Gasteiger partial charge is 0.342 e. The third-order valence-corrected chi connectivity index (χ3v) is 5.88. The second-order valence-electron chi connectivity index (χ2n) is 5.64. The third-order valence-electron chi connectivity index (χ3n) is 3.89. The molecule has 0 bridgehead atoms. The number of piperidine rings is 1. The summed E-state index contributed by atoms with van der Waals surface area (Å²) in [5.74, 6) is -0.848. The number of carbonyl (C=O) groups is 1. The van der Waals surface area contributed by atoms with E-state index in [-0.39, 0.29) is 30.1 Å². The summed E-state index contributed by atoms with van der Waals surface area (Å²) in [6, 6.07) is 7.24. The molecule has 1 aliphatic heterocycles. The van der Waals surface area contributed by atoms with E-state index in [0.29, 0.717) is 5.56 Å². The number of hydrogen-bond acceptors (Lipinski definition) is 4. The van der Waals surface area contributed by atoms with Crippen molar-refractivity contribution in [2.45, 2.75) is 24.6 Å². The molecule has 0 saturated carbocycles. The van der Waals surface area contributed by atoms with Gasteiger partial charge in [-0.15, -0.1) is 12.4 Å². The Balaban J connectivity index is 0.00000264. The molecule has 1 amide bonds. The molecule has 0 aromatic heterocycles. The Labute approximate surface area is 152 Å². The SMILES string of the molecule is CN(C(=O)CS(=O)(=O)Cc1ccc(Br)cc1)C1CCNCC1.Cl. The maximum Gasteiger partial charge on any atom is 0.237 e. The standard InChI is InChI=1S/C15H21BrN2O3S.ClH/c1-18(14-6-8-17-9-7-14)15(19)11-22(20,21)10-12-2-4-13(16)5-3-12;/h2-5,14,17H,6-11H2,1H3;1H. The van der Waals surface area contributed by atoms with Gasteiger partial charge in [0.15, 0.2) is 9.84 Å². The summed E-state index contributed by atoms with van der Waals surface area (Å²) < 4.78 is 25.3. The summed E-state index contributed by atoms with van der Waals surface area (Å²) in [5, 5.41) is 3.23. The maximum absolute atomic E-state index is 12.2. The van der Waals surface area contributed by atoms with Crippen molar-refractivity contribution in [3.05, 3.63) is 34.3 Å². The van der Waals surface area contributed by atoms with Crippen LogP contribution < -0.4 is 5.32 Å². The molecule has 1 aliphatic rings. The van der Waals surface area contributed by atoms with E-state index in [0.717, 1.165) is 30.4 Å². The second-order valence-corrected chi connectivity index (χ2v) is 8.62. The van der Waals surface area contributed by atoms with Gasteiger partial charge in [0, 0.05) is 17.6 Å². The number of amides is 1. The highest BCUT2D eigenvalue weighted by molar-refractivity contribution is 9.10. The lowest BCUT2D eigenvalue weighted by atomic mass is 10.1. The molecule has 2 rings (SSSR count). The molecule has 0 unspecified atom stereocenters. The Morgan fingerprint density at radius 3 is 2.39 bits per heavy atom. The van der Waals surface area contributed by atoms with E-state index in [2.05, 4.69) is 21.2 Å². The summed E-state index contributed by atoms with van der Waals surface area (Å²) in [6.45, 7) is 1.74. The van der Waals surface area contributed by atoms with Crippen LogP contribution in [0.25, 0.3) is 0 Å². The van der Waals surface area contributed by atoms with Crippen LogP contribution in [0.4, 0.5) is 0 Å². The van der Waals surface area contributed by atoms with E-state index >= 15 is 0 Å². The maximum atomic E-state index is 12.2. The average Bonchev–Trinajstić information content (AvgIpc) is 2.49. The van der Waals surface area contributed by atoms with Crippen LogP contribution in [-0.2, 0) is 20.4 Å². The van der Waals surface area contributed by atoms with Crippen LogP contribution in [0.15, 0.2) is 28.7 Å². The van der Waals surface area contributed by atoms with Crippen molar-refractivity contribution in [1.29, 1.82) is 0 Å². The Morgan fingerprint density at radius 1 is 1.26 bits per heavy atom. The smallest absolute Gasteiger partial charge is 0.237 e. The van der Waals surface area contributed by atoms with Crippen LogP contribution >= 0.6 is 28.3 Å². The first kappa shape index (κ1) is 20.4. The van der Waals surface area contributed by atoms with Crippen LogP contribution in [0, 0.1) is 0 Å². The molecule has 1 saturated heterocycles. The van der Waals surface area contributed by atoms with E-state index in [1.807, 2.05) is 0 Å². The van der Waals surface area contributed by atoms with Gasteiger partial charge in [0.25, 0.3) is 0 Å². The lowest BCUT2D eigenvalue weighted by molar-refractivity contribution is -0.129. The Morgan fingerprint density at radius 2 is 1.83 bits per heavy atom. The first-order chi connectivity index (χ1) is 10.4. The first-order valence-electron chi connectivity index (χ1n) is 7.28. The fourth-order valence-electron chi connectivity index (χ4n) is 2.57. The van der Waals surface area contributed by atoms with Gasteiger partial charge in [0.2, 0.25) is 5.91 Å². The van der Waals surface area contributed by atoms with Crippen LogP contribution in [0.1, 0.15) is 18.4 Å². The predicted octanol–water partition coefficient (Wildman–Crippen LogP) is 2.00. The number of benzene rings is 1. The van der Waals surface area contributed by atoms with Gasteiger partial charge >= 0.3 is 0 Å². The van der Waals surface area contributed by atoms with Crippen molar-refractivity contribution >= 4 is 44.1 Å². The minimum absolute atomic E-state index is 0. The highest BCUT2D eigenvalue weighted by Gasteiger charge is 2.26. The van der Waals surface area contributed by atoms with Gasteiger partial charge in [0.1, 0.15) is 5.75 Å². The lowest BCUT2D eigenvalue weighted by Gasteiger charge is -2.31. The Hall–Kier alpha value is -0.630. The van der Waals surface area contributed by atoms with Gasteiger partial charge < -0.3 is 10.2 Å². The summed E-state index contributed by atoms with van der Waals surface area (Å²) in [5.41, 5.74) is 0.695. The molecule has 1 fully saturated rings. The monoisotopic (exact) mass is 424 g/mol. The number of carbonyl (C=O) groups excluding carboxylic acids is 1. The van der Waals surface area contributed by atoms with E-state index in [9.17, 15) is 13.2 Å². The molecule has 130 valence electrons. The van der Waals surface area contributed by atoms with Crippen molar-refractivity contribution in [2.24, 2.45) is 0 Å². The minimum Gasteiger partial charge on any atom is -0.342 e. The van der Waals surface area contributed by atoms with Gasteiger partial charge in [-0.2, -0.15) is 0 Å². The van der Waals surface area contributed by atoms with E-state index in [1.54, 1.807) is 36.2 Å². The number of hydrogen-bond donors (Lipinski definition) is 1. The zero-order valence-electron chi connectivity index (χ0n) is 13.0.